The Balaban J connectivity index is 1.95. The molecular formula is C17H19Cl2NS. The van der Waals surface area contributed by atoms with Crippen molar-refractivity contribution in [2.75, 3.05) is 12.3 Å². The Kier molecular flexibility index (Phi) is 6.91. The molecule has 112 valence electrons. The van der Waals surface area contributed by atoms with Gasteiger partial charge in [-0.25, -0.2) is 0 Å². The number of likely N-dealkylation sites (N-methyl/N-ethyl adjacent to an activating group) is 1. The number of thioether (sulfide) groups is 1. The van der Waals surface area contributed by atoms with E-state index in [1.165, 1.54) is 10.5 Å². The topological polar surface area (TPSA) is 12.0 Å². The molecule has 1 atom stereocenters. The van der Waals surface area contributed by atoms with E-state index in [2.05, 4.69) is 30.4 Å². The van der Waals surface area contributed by atoms with Crippen molar-refractivity contribution >= 4 is 35.0 Å². The van der Waals surface area contributed by atoms with Crippen molar-refractivity contribution in [1.29, 1.82) is 0 Å². The minimum absolute atomic E-state index is 0.399. The summed E-state index contributed by atoms with van der Waals surface area (Å²) in [6, 6.07) is 16.4. The molecule has 0 aliphatic carbocycles. The van der Waals surface area contributed by atoms with Crippen LogP contribution in [0.15, 0.2) is 53.4 Å². The van der Waals surface area contributed by atoms with Crippen LogP contribution < -0.4 is 5.32 Å². The van der Waals surface area contributed by atoms with E-state index in [1.807, 2.05) is 42.1 Å². The predicted octanol–water partition coefficient (Wildman–Crippen LogP) is 5.31. The Bertz CT molecular complexity index is 557. The third-order valence-electron chi connectivity index (χ3n) is 3.18. The highest BCUT2D eigenvalue weighted by molar-refractivity contribution is 7.99. The van der Waals surface area contributed by atoms with Gasteiger partial charge < -0.3 is 5.32 Å². The first-order chi connectivity index (χ1) is 10.2. The Morgan fingerprint density at radius 3 is 2.43 bits per heavy atom. The lowest BCUT2D eigenvalue weighted by molar-refractivity contribution is 0.573. The normalized spacial score (nSPS) is 12.3. The van der Waals surface area contributed by atoms with Crippen LogP contribution in [-0.4, -0.2) is 18.3 Å². The summed E-state index contributed by atoms with van der Waals surface area (Å²) in [6.45, 7) is 3.09. The van der Waals surface area contributed by atoms with Gasteiger partial charge in [0.2, 0.25) is 0 Å². The van der Waals surface area contributed by atoms with Gasteiger partial charge >= 0.3 is 0 Å². The number of rotatable bonds is 7. The van der Waals surface area contributed by atoms with Crippen molar-refractivity contribution in [1.82, 2.24) is 5.32 Å². The molecular weight excluding hydrogens is 321 g/mol. The Morgan fingerprint density at radius 2 is 1.76 bits per heavy atom. The maximum absolute atomic E-state index is 6.25. The van der Waals surface area contributed by atoms with Crippen molar-refractivity contribution in [3.05, 3.63) is 64.1 Å². The third-order valence-corrected chi connectivity index (χ3v) is 4.98. The Hall–Kier alpha value is -0.670. The highest BCUT2D eigenvalue weighted by Gasteiger charge is 2.11. The van der Waals surface area contributed by atoms with E-state index in [-0.39, 0.29) is 0 Å². The lowest BCUT2D eigenvalue weighted by atomic mass is 10.1. The molecule has 4 heteroatoms. The molecule has 1 nitrogen and oxygen atoms in total. The molecule has 1 unspecified atom stereocenters. The van der Waals surface area contributed by atoms with Gasteiger partial charge in [0.05, 0.1) is 0 Å². The number of hydrogen-bond donors (Lipinski definition) is 1. The molecule has 21 heavy (non-hydrogen) atoms. The van der Waals surface area contributed by atoms with E-state index in [0.29, 0.717) is 6.04 Å². The lowest BCUT2D eigenvalue weighted by Gasteiger charge is -2.18. The third kappa shape index (κ3) is 5.55. The van der Waals surface area contributed by atoms with Crippen LogP contribution in [0.2, 0.25) is 10.0 Å². The van der Waals surface area contributed by atoms with E-state index >= 15 is 0 Å². The molecule has 0 amide bonds. The largest absolute Gasteiger partial charge is 0.313 e. The van der Waals surface area contributed by atoms with E-state index in [9.17, 15) is 0 Å². The summed E-state index contributed by atoms with van der Waals surface area (Å²) in [5.74, 6) is 1.00. The minimum atomic E-state index is 0.399. The summed E-state index contributed by atoms with van der Waals surface area (Å²) in [5, 5.41) is 5.16. The first-order valence-corrected chi connectivity index (χ1v) is 8.78. The molecule has 0 saturated heterocycles. The summed E-state index contributed by atoms with van der Waals surface area (Å²) in [6.07, 6.45) is 0.939. The van der Waals surface area contributed by atoms with Crippen LogP contribution in [0.3, 0.4) is 0 Å². The Labute approximate surface area is 141 Å². The number of benzene rings is 2. The zero-order chi connectivity index (χ0) is 15.1. The van der Waals surface area contributed by atoms with Gasteiger partial charge in [0.15, 0.2) is 0 Å². The molecule has 0 aromatic heterocycles. The first-order valence-electron chi connectivity index (χ1n) is 7.04. The van der Waals surface area contributed by atoms with Crippen LogP contribution in [0, 0.1) is 0 Å². The molecule has 2 aromatic carbocycles. The van der Waals surface area contributed by atoms with Crippen molar-refractivity contribution < 1.29 is 0 Å². The summed E-state index contributed by atoms with van der Waals surface area (Å²) < 4.78 is 0. The molecule has 1 N–H and O–H groups in total. The average molecular weight is 340 g/mol. The van der Waals surface area contributed by atoms with E-state index in [4.69, 9.17) is 23.2 Å². The fourth-order valence-electron chi connectivity index (χ4n) is 2.14. The molecule has 0 bridgehead atoms. The quantitative estimate of drug-likeness (QED) is 0.686. The van der Waals surface area contributed by atoms with Crippen LogP contribution in [-0.2, 0) is 6.42 Å². The van der Waals surface area contributed by atoms with Gasteiger partial charge in [-0.2, -0.15) is 0 Å². The van der Waals surface area contributed by atoms with Crippen LogP contribution in [0.1, 0.15) is 12.5 Å². The van der Waals surface area contributed by atoms with Crippen LogP contribution in [0.4, 0.5) is 0 Å². The van der Waals surface area contributed by atoms with Gasteiger partial charge in [-0.1, -0.05) is 48.3 Å². The van der Waals surface area contributed by atoms with Gasteiger partial charge in [0.25, 0.3) is 0 Å². The van der Waals surface area contributed by atoms with Gasteiger partial charge in [0.1, 0.15) is 0 Å². The van der Waals surface area contributed by atoms with Gasteiger partial charge in [-0.3, -0.25) is 0 Å². The van der Waals surface area contributed by atoms with Gasteiger partial charge in [-0.15, -0.1) is 11.8 Å². The second kappa shape index (κ2) is 8.70. The average Bonchev–Trinajstić information content (AvgIpc) is 2.49. The molecule has 0 heterocycles. The molecule has 0 aliphatic rings. The van der Waals surface area contributed by atoms with E-state index in [1.54, 1.807) is 0 Å². The molecule has 0 saturated carbocycles. The second-order valence-electron chi connectivity index (χ2n) is 4.82. The fourth-order valence-corrected chi connectivity index (χ4v) is 3.43. The maximum atomic E-state index is 6.25. The van der Waals surface area contributed by atoms with Crippen molar-refractivity contribution in [3.8, 4) is 0 Å². The summed E-state index contributed by atoms with van der Waals surface area (Å²) in [4.78, 5) is 1.24. The molecule has 0 aliphatic heterocycles. The molecule has 0 fully saturated rings. The molecule has 0 radical (unpaired) electrons. The van der Waals surface area contributed by atoms with Crippen molar-refractivity contribution in [2.24, 2.45) is 0 Å². The molecule has 2 rings (SSSR count). The highest BCUT2D eigenvalue weighted by Crippen LogP contribution is 2.23. The number of halogens is 2. The standard InChI is InChI=1S/C17H19Cl2NS/c1-2-20-15(11-13-5-3-4-6-17(13)19)12-21-16-9-7-14(18)8-10-16/h3-10,15,20H,2,11-12H2,1H3. The summed E-state index contributed by atoms with van der Waals surface area (Å²) in [5.41, 5.74) is 1.20. The monoisotopic (exact) mass is 339 g/mol. The minimum Gasteiger partial charge on any atom is -0.313 e. The zero-order valence-corrected chi connectivity index (χ0v) is 14.3. The lowest BCUT2D eigenvalue weighted by Crippen LogP contribution is -2.33. The predicted molar refractivity (Wildman–Crippen MR) is 94.8 cm³/mol. The van der Waals surface area contributed by atoms with Gasteiger partial charge in [-0.05, 0) is 48.9 Å². The number of hydrogen-bond acceptors (Lipinski definition) is 2. The second-order valence-corrected chi connectivity index (χ2v) is 6.75. The van der Waals surface area contributed by atoms with Crippen molar-refractivity contribution in [3.63, 3.8) is 0 Å². The first kappa shape index (κ1) is 16.7. The van der Waals surface area contributed by atoms with Crippen LogP contribution in [0.5, 0.6) is 0 Å². The van der Waals surface area contributed by atoms with Crippen molar-refractivity contribution in [2.45, 2.75) is 24.3 Å². The molecule has 2 aromatic rings. The summed E-state index contributed by atoms with van der Waals surface area (Å²) in [7, 11) is 0. The highest BCUT2D eigenvalue weighted by atomic mass is 35.5. The SMILES string of the molecule is CCNC(CSc1ccc(Cl)cc1)Cc1ccccc1Cl. The van der Waals surface area contributed by atoms with Gasteiger partial charge in [0, 0.05) is 26.7 Å². The van der Waals surface area contributed by atoms with Crippen LogP contribution >= 0.6 is 35.0 Å². The smallest absolute Gasteiger partial charge is 0.0438 e. The van der Waals surface area contributed by atoms with Crippen LogP contribution in [0.25, 0.3) is 0 Å². The Morgan fingerprint density at radius 1 is 1.05 bits per heavy atom. The van der Waals surface area contributed by atoms with E-state index < -0.39 is 0 Å². The number of nitrogens with one attached hydrogen (secondary N) is 1. The fraction of sp³-hybridized carbons (Fsp3) is 0.294. The maximum Gasteiger partial charge on any atom is 0.0438 e. The summed E-state index contributed by atoms with van der Waals surface area (Å²) >= 11 is 14.0. The zero-order valence-electron chi connectivity index (χ0n) is 12.0. The van der Waals surface area contributed by atoms with E-state index in [0.717, 1.165) is 28.8 Å². The molecule has 0 spiro atoms.